The fraction of sp³-hybridized carbons (Fsp3) is 0.571. The monoisotopic (exact) mass is 237 g/mol. The van der Waals surface area contributed by atoms with Gasteiger partial charge in [0.2, 0.25) is 0 Å². The molecule has 4 N–H and O–H groups in total. The summed E-state index contributed by atoms with van der Waals surface area (Å²) < 4.78 is 0. The molecule has 98 valence electrons. The first-order valence-corrected chi connectivity index (χ1v) is 6.44. The Balaban J connectivity index is 0.000000302. The van der Waals surface area contributed by atoms with E-state index in [1.165, 1.54) is 5.56 Å². The zero-order chi connectivity index (χ0) is 12.9. The molecule has 1 aromatic carbocycles. The van der Waals surface area contributed by atoms with E-state index in [9.17, 15) is 0 Å². The van der Waals surface area contributed by atoms with Crippen LogP contribution in [0, 0.1) is 0 Å². The molecule has 0 atom stereocenters. The summed E-state index contributed by atoms with van der Waals surface area (Å²) in [5.74, 6) is 0. The van der Waals surface area contributed by atoms with E-state index in [1.54, 1.807) is 0 Å². The first-order valence-electron chi connectivity index (χ1n) is 6.44. The van der Waals surface area contributed by atoms with E-state index in [0.717, 1.165) is 32.6 Å². The van der Waals surface area contributed by atoms with Crippen molar-refractivity contribution < 1.29 is 0 Å². The van der Waals surface area contributed by atoms with Crippen LogP contribution in [0.5, 0.6) is 0 Å². The summed E-state index contributed by atoms with van der Waals surface area (Å²) in [7, 11) is 0. The van der Waals surface area contributed by atoms with E-state index in [1.807, 2.05) is 30.3 Å². The summed E-state index contributed by atoms with van der Waals surface area (Å²) in [5, 5.41) is 0. The smallest absolute Gasteiger partial charge is 0.0178 e. The highest BCUT2D eigenvalue weighted by molar-refractivity contribution is 5.13. The Morgan fingerprint density at radius 3 is 1.94 bits per heavy atom. The Morgan fingerprint density at radius 2 is 1.59 bits per heavy atom. The summed E-state index contributed by atoms with van der Waals surface area (Å²) in [6.07, 6.45) is 1.13. The van der Waals surface area contributed by atoms with Crippen molar-refractivity contribution in [2.75, 3.05) is 26.2 Å². The second-order valence-corrected chi connectivity index (χ2v) is 3.86. The van der Waals surface area contributed by atoms with Gasteiger partial charge < -0.3 is 16.4 Å². The number of nitrogens with zero attached hydrogens (tertiary/aromatic N) is 1. The minimum Gasteiger partial charge on any atom is -0.330 e. The standard InChI is InChI=1S/C7H18N2.C7H9N/c1-3-9(4-2)7-5-6-8;8-6-7-4-2-1-3-5-7/h3-8H2,1-2H3;1-5H,6,8H2. The molecule has 1 rings (SSSR count). The van der Waals surface area contributed by atoms with Crippen LogP contribution in [0.3, 0.4) is 0 Å². The van der Waals surface area contributed by atoms with Gasteiger partial charge in [0, 0.05) is 6.54 Å². The number of rotatable bonds is 6. The Labute approximate surface area is 106 Å². The van der Waals surface area contributed by atoms with E-state index in [-0.39, 0.29) is 0 Å². The fourth-order valence-corrected chi connectivity index (χ4v) is 1.47. The van der Waals surface area contributed by atoms with Crippen molar-refractivity contribution in [3.05, 3.63) is 35.9 Å². The second kappa shape index (κ2) is 11.6. The molecule has 0 heterocycles. The van der Waals surface area contributed by atoms with Crippen LogP contribution < -0.4 is 11.5 Å². The molecule has 0 saturated carbocycles. The highest BCUT2D eigenvalue weighted by Gasteiger charge is 1.94. The normalized spacial score (nSPS) is 9.94. The van der Waals surface area contributed by atoms with Crippen molar-refractivity contribution >= 4 is 0 Å². The quantitative estimate of drug-likeness (QED) is 0.793. The molecule has 0 fully saturated rings. The number of benzene rings is 1. The highest BCUT2D eigenvalue weighted by Crippen LogP contribution is 1.94. The van der Waals surface area contributed by atoms with E-state index in [0.29, 0.717) is 6.54 Å². The van der Waals surface area contributed by atoms with E-state index in [4.69, 9.17) is 11.5 Å². The Kier molecular flexibility index (Phi) is 11.0. The summed E-state index contributed by atoms with van der Waals surface area (Å²) >= 11 is 0. The molecule has 0 aromatic heterocycles. The van der Waals surface area contributed by atoms with Gasteiger partial charge in [-0.2, -0.15) is 0 Å². The van der Waals surface area contributed by atoms with Crippen molar-refractivity contribution in [1.82, 2.24) is 4.90 Å². The minimum absolute atomic E-state index is 0.640. The average Bonchev–Trinajstić information content (AvgIpc) is 2.42. The largest absolute Gasteiger partial charge is 0.330 e. The zero-order valence-corrected chi connectivity index (χ0v) is 11.2. The van der Waals surface area contributed by atoms with Crippen LogP contribution in [-0.2, 0) is 6.54 Å². The van der Waals surface area contributed by atoms with Crippen LogP contribution in [0.2, 0.25) is 0 Å². The molecule has 0 aliphatic carbocycles. The highest BCUT2D eigenvalue weighted by atomic mass is 15.1. The molecular weight excluding hydrogens is 210 g/mol. The molecule has 0 unspecified atom stereocenters. The van der Waals surface area contributed by atoms with Gasteiger partial charge in [-0.05, 0) is 38.2 Å². The molecule has 0 amide bonds. The van der Waals surface area contributed by atoms with Crippen molar-refractivity contribution in [3.8, 4) is 0 Å². The minimum atomic E-state index is 0.640. The van der Waals surface area contributed by atoms with E-state index < -0.39 is 0 Å². The van der Waals surface area contributed by atoms with E-state index >= 15 is 0 Å². The van der Waals surface area contributed by atoms with Gasteiger partial charge in [-0.15, -0.1) is 0 Å². The Hall–Kier alpha value is -0.900. The van der Waals surface area contributed by atoms with Gasteiger partial charge in [-0.1, -0.05) is 44.2 Å². The first-order chi connectivity index (χ1) is 8.28. The maximum atomic E-state index is 5.36. The number of hydrogen-bond donors (Lipinski definition) is 2. The molecule has 0 bridgehead atoms. The van der Waals surface area contributed by atoms with Gasteiger partial charge in [0.1, 0.15) is 0 Å². The molecule has 3 heteroatoms. The van der Waals surface area contributed by atoms with Gasteiger partial charge in [0.25, 0.3) is 0 Å². The van der Waals surface area contributed by atoms with Gasteiger partial charge in [-0.3, -0.25) is 0 Å². The van der Waals surface area contributed by atoms with Gasteiger partial charge in [-0.25, -0.2) is 0 Å². The lowest BCUT2D eigenvalue weighted by molar-refractivity contribution is 0.302. The number of hydrogen-bond acceptors (Lipinski definition) is 3. The van der Waals surface area contributed by atoms with Crippen molar-refractivity contribution in [1.29, 1.82) is 0 Å². The van der Waals surface area contributed by atoms with Crippen LogP contribution >= 0.6 is 0 Å². The Bertz CT molecular complexity index is 245. The third kappa shape index (κ3) is 8.86. The molecule has 0 radical (unpaired) electrons. The maximum Gasteiger partial charge on any atom is 0.0178 e. The molecule has 17 heavy (non-hydrogen) atoms. The second-order valence-electron chi connectivity index (χ2n) is 3.86. The van der Waals surface area contributed by atoms with Gasteiger partial charge in [0.05, 0.1) is 0 Å². The lowest BCUT2D eigenvalue weighted by atomic mass is 10.2. The van der Waals surface area contributed by atoms with Crippen LogP contribution in [0.1, 0.15) is 25.8 Å². The third-order valence-electron chi connectivity index (χ3n) is 2.65. The van der Waals surface area contributed by atoms with Gasteiger partial charge >= 0.3 is 0 Å². The van der Waals surface area contributed by atoms with Crippen LogP contribution in [0.25, 0.3) is 0 Å². The zero-order valence-electron chi connectivity index (χ0n) is 11.2. The van der Waals surface area contributed by atoms with Crippen molar-refractivity contribution in [3.63, 3.8) is 0 Å². The van der Waals surface area contributed by atoms with Crippen LogP contribution in [-0.4, -0.2) is 31.1 Å². The summed E-state index contributed by atoms with van der Waals surface area (Å²) in [6.45, 7) is 9.27. The van der Waals surface area contributed by atoms with Crippen molar-refractivity contribution in [2.45, 2.75) is 26.8 Å². The summed E-state index contributed by atoms with van der Waals surface area (Å²) in [4.78, 5) is 2.38. The summed E-state index contributed by atoms with van der Waals surface area (Å²) in [6, 6.07) is 9.99. The van der Waals surface area contributed by atoms with Gasteiger partial charge in [0.15, 0.2) is 0 Å². The van der Waals surface area contributed by atoms with Crippen LogP contribution in [0.15, 0.2) is 30.3 Å². The molecular formula is C14H27N3. The molecule has 1 aromatic rings. The third-order valence-corrected chi connectivity index (χ3v) is 2.65. The molecule has 0 aliphatic heterocycles. The molecule has 3 nitrogen and oxygen atoms in total. The lowest BCUT2D eigenvalue weighted by Gasteiger charge is -2.16. The molecule has 0 aliphatic rings. The predicted octanol–water partition coefficient (Wildman–Crippen LogP) is 1.82. The topological polar surface area (TPSA) is 55.3 Å². The lowest BCUT2D eigenvalue weighted by Crippen LogP contribution is -2.25. The Morgan fingerprint density at radius 1 is 1.00 bits per heavy atom. The fourth-order valence-electron chi connectivity index (χ4n) is 1.47. The maximum absolute atomic E-state index is 5.36. The van der Waals surface area contributed by atoms with E-state index in [2.05, 4.69) is 18.7 Å². The summed E-state index contributed by atoms with van der Waals surface area (Å²) in [5.41, 5.74) is 11.9. The van der Waals surface area contributed by atoms with Crippen molar-refractivity contribution in [2.24, 2.45) is 11.5 Å². The SMILES string of the molecule is CCN(CC)CCCN.NCc1ccccc1. The van der Waals surface area contributed by atoms with Crippen LogP contribution in [0.4, 0.5) is 0 Å². The average molecular weight is 237 g/mol. The molecule has 0 spiro atoms. The predicted molar refractivity (Wildman–Crippen MR) is 75.8 cm³/mol. The number of nitrogens with two attached hydrogens (primary N) is 2. The first kappa shape index (κ1) is 16.1. The molecule has 0 saturated heterocycles.